The summed E-state index contributed by atoms with van der Waals surface area (Å²) in [6.07, 6.45) is 2.85. The van der Waals surface area contributed by atoms with Crippen LogP contribution in [-0.2, 0) is 19.7 Å². The molecule has 3 atom stereocenters. The Morgan fingerprint density at radius 3 is 2.64 bits per heavy atom. The zero-order valence-electron chi connectivity index (χ0n) is 15.8. The van der Waals surface area contributed by atoms with Gasteiger partial charge in [0.15, 0.2) is 0 Å². The van der Waals surface area contributed by atoms with E-state index in [0.29, 0.717) is 11.7 Å². The van der Waals surface area contributed by atoms with Gasteiger partial charge >= 0.3 is 11.9 Å². The average molecular weight is 344 g/mol. The van der Waals surface area contributed by atoms with Gasteiger partial charge in [0, 0.05) is 11.0 Å². The molecule has 1 aliphatic carbocycles. The molecule has 3 rings (SSSR count). The van der Waals surface area contributed by atoms with E-state index in [1.165, 1.54) is 7.11 Å². The Hall–Kier alpha value is -1.84. The second-order valence-electron chi connectivity index (χ2n) is 8.32. The quantitative estimate of drug-likeness (QED) is 0.591. The molecule has 1 saturated carbocycles. The Balaban J connectivity index is 2.16. The number of hydrogen-bond acceptors (Lipinski definition) is 4. The van der Waals surface area contributed by atoms with E-state index in [4.69, 9.17) is 9.47 Å². The zero-order valence-corrected chi connectivity index (χ0v) is 15.8. The molecule has 4 nitrogen and oxygen atoms in total. The van der Waals surface area contributed by atoms with Crippen LogP contribution in [0.2, 0.25) is 0 Å². The lowest BCUT2D eigenvalue weighted by molar-refractivity contribution is -0.161. The summed E-state index contributed by atoms with van der Waals surface area (Å²) in [5.74, 6) is 0.420. The molecule has 1 aromatic rings. The highest BCUT2D eigenvalue weighted by molar-refractivity contribution is 5.81. The normalized spacial score (nSPS) is 31.6. The molecule has 0 N–H and O–H groups in total. The predicted molar refractivity (Wildman–Crippen MR) is 95.6 cm³/mol. The van der Waals surface area contributed by atoms with E-state index in [2.05, 4.69) is 32.9 Å². The van der Waals surface area contributed by atoms with Gasteiger partial charge in [-0.15, -0.1) is 0 Å². The first-order chi connectivity index (χ1) is 11.7. The molecule has 0 saturated heterocycles. The Kier molecular flexibility index (Phi) is 4.42. The van der Waals surface area contributed by atoms with Gasteiger partial charge in [-0.05, 0) is 43.2 Å². The SMILES string of the molecule is COC(=O)[C@]1(C)CCC[C@]2(C)c3ccc(C(C)C)cc3OC(=O)C[C@@H]12. The van der Waals surface area contributed by atoms with E-state index in [-0.39, 0.29) is 29.7 Å². The molecule has 0 radical (unpaired) electrons. The third-order valence-corrected chi connectivity index (χ3v) is 6.46. The third kappa shape index (κ3) is 2.76. The van der Waals surface area contributed by atoms with Crippen molar-refractivity contribution in [2.45, 2.75) is 64.7 Å². The summed E-state index contributed by atoms with van der Waals surface area (Å²) < 4.78 is 10.8. The summed E-state index contributed by atoms with van der Waals surface area (Å²) in [5, 5.41) is 0. The van der Waals surface area contributed by atoms with E-state index >= 15 is 0 Å². The Morgan fingerprint density at radius 2 is 2.00 bits per heavy atom. The van der Waals surface area contributed by atoms with Crippen molar-refractivity contribution >= 4 is 11.9 Å². The standard InChI is InChI=1S/C21H28O4/c1-13(2)14-7-8-15-16(11-14)25-18(22)12-17-20(15,3)9-6-10-21(17,4)19(23)24-5/h7-8,11,13,17H,6,9-10,12H2,1-5H3/t17-,20-,21-/m1/s1. The van der Waals surface area contributed by atoms with Gasteiger partial charge in [0.25, 0.3) is 0 Å². The number of fused-ring (bicyclic) bond motifs is 3. The fraction of sp³-hybridized carbons (Fsp3) is 0.619. The Labute approximate surface area is 149 Å². The molecule has 0 aromatic heterocycles. The predicted octanol–water partition coefficient (Wildman–Crippen LogP) is 4.36. The van der Waals surface area contributed by atoms with Crippen molar-refractivity contribution in [3.8, 4) is 5.75 Å². The summed E-state index contributed by atoms with van der Waals surface area (Å²) in [5.41, 5.74) is 1.25. The maximum absolute atomic E-state index is 12.6. The van der Waals surface area contributed by atoms with Crippen molar-refractivity contribution in [3.05, 3.63) is 29.3 Å². The van der Waals surface area contributed by atoms with Gasteiger partial charge in [-0.25, -0.2) is 0 Å². The second-order valence-corrected chi connectivity index (χ2v) is 8.32. The summed E-state index contributed by atoms with van der Waals surface area (Å²) >= 11 is 0. The molecule has 0 unspecified atom stereocenters. The average Bonchev–Trinajstić information content (AvgIpc) is 2.68. The molecule has 1 aliphatic heterocycles. The second kappa shape index (κ2) is 6.15. The molecule has 1 fully saturated rings. The third-order valence-electron chi connectivity index (χ3n) is 6.46. The molecule has 2 aliphatic rings. The van der Waals surface area contributed by atoms with Crippen LogP contribution < -0.4 is 4.74 Å². The van der Waals surface area contributed by atoms with E-state index < -0.39 is 5.41 Å². The lowest BCUT2D eigenvalue weighted by Gasteiger charge is -2.49. The maximum atomic E-state index is 12.6. The van der Waals surface area contributed by atoms with Crippen molar-refractivity contribution in [1.29, 1.82) is 0 Å². The molecule has 0 bridgehead atoms. The van der Waals surface area contributed by atoms with E-state index in [1.54, 1.807) is 0 Å². The van der Waals surface area contributed by atoms with Crippen LogP contribution >= 0.6 is 0 Å². The summed E-state index contributed by atoms with van der Waals surface area (Å²) in [6, 6.07) is 6.21. The number of methoxy groups -OCH3 is 1. The van der Waals surface area contributed by atoms with Crippen LogP contribution in [0.4, 0.5) is 0 Å². The zero-order chi connectivity index (χ0) is 18.4. The van der Waals surface area contributed by atoms with Crippen molar-refractivity contribution in [2.24, 2.45) is 11.3 Å². The number of esters is 2. The highest BCUT2D eigenvalue weighted by Gasteiger charge is 2.56. The van der Waals surface area contributed by atoms with Gasteiger partial charge in [-0.1, -0.05) is 39.3 Å². The number of carbonyl (C=O) groups is 2. The minimum absolute atomic E-state index is 0.125. The largest absolute Gasteiger partial charge is 0.469 e. The van der Waals surface area contributed by atoms with Crippen LogP contribution in [0.25, 0.3) is 0 Å². The first-order valence-corrected chi connectivity index (χ1v) is 9.16. The minimum atomic E-state index is -0.668. The summed E-state index contributed by atoms with van der Waals surface area (Å²) in [4.78, 5) is 25.1. The van der Waals surface area contributed by atoms with Crippen LogP contribution in [-0.4, -0.2) is 19.0 Å². The fourth-order valence-corrected chi connectivity index (χ4v) is 4.91. The van der Waals surface area contributed by atoms with Gasteiger partial charge < -0.3 is 9.47 Å². The van der Waals surface area contributed by atoms with Crippen molar-refractivity contribution in [3.63, 3.8) is 0 Å². The van der Waals surface area contributed by atoms with Gasteiger partial charge in [-0.3, -0.25) is 9.59 Å². The molecule has 1 heterocycles. The van der Waals surface area contributed by atoms with Gasteiger partial charge in [0.05, 0.1) is 18.9 Å². The molecule has 0 spiro atoms. The van der Waals surface area contributed by atoms with Gasteiger partial charge in [-0.2, -0.15) is 0 Å². The minimum Gasteiger partial charge on any atom is -0.469 e. The van der Waals surface area contributed by atoms with Crippen LogP contribution in [0.1, 0.15) is 70.4 Å². The first-order valence-electron chi connectivity index (χ1n) is 9.16. The fourth-order valence-electron chi connectivity index (χ4n) is 4.91. The van der Waals surface area contributed by atoms with Gasteiger partial charge in [0.1, 0.15) is 5.75 Å². The number of ether oxygens (including phenoxy) is 2. The van der Waals surface area contributed by atoms with Crippen LogP contribution in [0, 0.1) is 11.3 Å². The van der Waals surface area contributed by atoms with Crippen molar-refractivity contribution in [1.82, 2.24) is 0 Å². The lowest BCUT2D eigenvalue weighted by Crippen LogP contribution is -2.50. The van der Waals surface area contributed by atoms with E-state index in [0.717, 1.165) is 30.4 Å². The van der Waals surface area contributed by atoms with Crippen molar-refractivity contribution < 1.29 is 19.1 Å². The van der Waals surface area contributed by atoms with E-state index in [1.807, 2.05) is 13.0 Å². The van der Waals surface area contributed by atoms with Crippen LogP contribution in [0.3, 0.4) is 0 Å². The van der Waals surface area contributed by atoms with Crippen molar-refractivity contribution in [2.75, 3.05) is 7.11 Å². The molecular weight excluding hydrogens is 316 g/mol. The summed E-state index contributed by atoms with van der Waals surface area (Å²) in [6.45, 7) is 8.37. The van der Waals surface area contributed by atoms with Gasteiger partial charge in [0.2, 0.25) is 0 Å². The lowest BCUT2D eigenvalue weighted by atomic mass is 9.53. The highest BCUT2D eigenvalue weighted by atomic mass is 16.5. The van der Waals surface area contributed by atoms with Crippen LogP contribution in [0.5, 0.6) is 5.75 Å². The highest BCUT2D eigenvalue weighted by Crippen LogP contribution is 2.57. The molecule has 4 heteroatoms. The topological polar surface area (TPSA) is 52.6 Å². The first kappa shape index (κ1) is 18.0. The molecular formula is C21H28O4. The number of rotatable bonds is 2. The molecule has 25 heavy (non-hydrogen) atoms. The Bertz CT molecular complexity index is 708. The van der Waals surface area contributed by atoms with E-state index in [9.17, 15) is 9.59 Å². The monoisotopic (exact) mass is 344 g/mol. The van der Waals surface area contributed by atoms with Crippen LogP contribution in [0.15, 0.2) is 18.2 Å². The maximum Gasteiger partial charge on any atom is 0.311 e. The molecule has 136 valence electrons. The number of carbonyl (C=O) groups excluding carboxylic acids is 2. The Morgan fingerprint density at radius 1 is 1.28 bits per heavy atom. The number of hydrogen-bond donors (Lipinski definition) is 0. The smallest absolute Gasteiger partial charge is 0.311 e. The molecule has 0 amide bonds. The summed E-state index contributed by atoms with van der Waals surface area (Å²) in [7, 11) is 1.43. The number of benzene rings is 1. The molecule has 1 aromatic carbocycles.